The molecule has 1 aromatic heterocycles. The van der Waals surface area contributed by atoms with E-state index in [2.05, 4.69) is 14.7 Å². The SMILES string of the molecule is Cc1cc(Cl)c(N)cc1S(=O)(=O)NCCCc1ncc[nH]1. The monoisotopic (exact) mass is 328 g/mol. The van der Waals surface area contributed by atoms with Gasteiger partial charge in [0, 0.05) is 25.4 Å². The van der Waals surface area contributed by atoms with Gasteiger partial charge in [-0.1, -0.05) is 11.6 Å². The van der Waals surface area contributed by atoms with E-state index in [1.54, 1.807) is 25.4 Å². The Balaban J connectivity index is 2.00. The third-order valence-electron chi connectivity index (χ3n) is 3.02. The number of aryl methyl sites for hydroxylation is 2. The van der Waals surface area contributed by atoms with Gasteiger partial charge >= 0.3 is 0 Å². The van der Waals surface area contributed by atoms with Gasteiger partial charge in [-0.2, -0.15) is 0 Å². The molecule has 0 aliphatic heterocycles. The number of sulfonamides is 1. The lowest BCUT2D eigenvalue weighted by atomic mass is 10.2. The summed E-state index contributed by atoms with van der Waals surface area (Å²) < 4.78 is 27.0. The summed E-state index contributed by atoms with van der Waals surface area (Å²) >= 11 is 5.87. The van der Waals surface area contributed by atoms with Gasteiger partial charge in [-0.3, -0.25) is 0 Å². The molecule has 4 N–H and O–H groups in total. The summed E-state index contributed by atoms with van der Waals surface area (Å²) in [5, 5.41) is 0.351. The lowest BCUT2D eigenvalue weighted by molar-refractivity contribution is 0.578. The van der Waals surface area contributed by atoms with E-state index in [-0.39, 0.29) is 10.6 Å². The Kier molecular flexibility index (Phi) is 4.87. The average Bonchev–Trinajstić information content (AvgIpc) is 2.92. The molecule has 1 aromatic carbocycles. The van der Waals surface area contributed by atoms with E-state index in [1.165, 1.54) is 6.07 Å². The van der Waals surface area contributed by atoms with Crippen LogP contribution in [0.1, 0.15) is 17.8 Å². The van der Waals surface area contributed by atoms with Crippen LogP contribution in [0.2, 0.25) is 5.02 Å². The Bertz CT molecular complexity index is 714. The lowest BCUT2D eigenvalue weighted by Crippen LogP contribution is -2.26. The molecule has 0 fully saturated rings. The molecule has 0 bridgehead atoms. The minimum atomic E-state index is -3.59. The number of nitrogen functional groups attached to an aromatic ring is 1. The molecule has 21 heavy (non-hydrogen) atoms. The number of hydrogen-bond donors (Lipinski definition) is 3. The molecule has 2 rings (SSSR count). The topological polar surface area (TPSA) is 101 Å². The number of hydrogen-bond acceptors (Lipinski definition) is 4. The maximum atomic E-state index is 12.2. The molecular formula is C13H17ClN4O2S. The highest BCUT2D eigenvalue weighted by Crippen LogP contribution is 2.26. The predicted octanol–water partition coefficient (Wildman–Crippen LogP) is 1.86. The van der Waals surface area contributed by atoms with Crippen LogP contribution in [0.5, 0.6) is 0 Å². The largest absolute Gasteiger partial charge is 0.397 e. The molecule has 0 unspecified atom stereocenters. The van der Waals surface area contributed by atoms with Crippen molar-refractivity contribution in [1.82, 2.24) is 14.7 Å². The molecule has 0 saturated heterocycles. The van der Waals surface area contributed by atoms with Gasteiger partial charge in [-0.05, 0) is 31.0 Å². The Hall–Kier alpha value is -1.57. The van der Waals surface area contributed by atoms with E-state index in [0.29, 0.717) is 30.0 Å². The zero-order chi connectivity index (χ0) is 15.5. The van der Waals surface area contributed by atoms with Crippen LogP contribution in [0, 0.1) is 6.92 Å². The Labute approximate surface area is 128 Å². The Morgan fingerprint density at radius 3 is 2.86 bits per heavy atom. The molecule has 8 heteroatoms. The van der Waals surface area contributed by atoms with E-state index in [1.807, 2.05) is 0 Å². The first kappa shape index (κ1) is 15.8. The molecule has 1 heterocycles. The van der Waals surface area contributed by atoms with E-state index >= 15 is 0 Å². The van der Waals surface area contributed by atoms with Crippen LogP contribution in [0.3, 0.4) is 0 Å². The highest BCUT2D eigenvalue weighted by molar-refractivity contribution is 7.89. The number of imidazole rings is 1. The fourth-order valence-electron chi connectivity index (χ4n) is 1.93. The van der Waals surface area contributed by atoms with Crippen molar-refractivity contribution in [2.45, 2.75) is 24.7 Å². The van der Waals surface area contributed by atoms with Gasteiger partial charge in [0.05, 0.1) is 15.6 Å². The number of aromatic nitrogens is 2. The van der Waals surface area contributed by atoms with Crippen LogP contribution < -0.4 is 10.5 Å². The first-order valence-corrected chi connectivity index (χ1v) is 8.30. The van der Waals surface area contributed by atoms with Crippen molar-refractivity contribution in [1.29, 1.82) is 0 Å². The minimum absolute atomic E-state index is 0.155. The number of benzene rings is 1. The number of H-pyrrole nitrogens is 1. The number of aromatic amines is 1. The quantitative estimate of drug-likeness (QED) is 0.556. The summed E-state index contributed by atoms with van der Waals surface area (Å²) in [6, 6.07) is 2.93. The molecule has 0 spiro atoms. The minimum Gasteiger partial charge on any atom is -0.397 e. The summed E-state index contributed by atoms with van der Waals surface area (Å²) in [5.74, 6) is 0.834. The van der Waals surface area contributed by atoms with Crippen molar-refractivity contribution in [3.63, 3.8) is 0 Å². The van der Waals surface area contributed by atoms with Gasteiger partial charge < -0.3 is 10.7 Å². The van der Waals surface area contributed by atoms with E-state index in [9.17, 15) is 8.42 Å². The fraction of sp³-hybridized carbons (Fsp3) is 0.308. The van der Waals surface area contributed by atoms with Crippen LogP contribution in [0.25, 0.3) is 0 Å². The molecule has 114 valence electrons. The summed E-state index contributed by atoms with van der Waals surface area (Å²) in [7, 11) is -3.59. The van der Waals surface area contributed by atoms with Crippen LogP contribution >= 0.6 is 11.6 Å². The second-order valence-corrected chi connectivity index (χ2v) is 6.82. The van der Waals surface area contributed by atoms with E-state index < -0.39 is 10.0 Å². The van der Waals surface area contributed by atoms with Crippen LogP contribution in [-0.4, -0.2) is 24.9 Å². The molecular weight excluding hydrogens is 312 g/mol. The van der Waals surface area contributed by atoms with Gasteiger partial charge in [-0.15, -0.1) is 0 Å². The lowest BCUT2D eigenvalue weighted by Gasteiger charge is -2.10. The van der Waals surface area contributed by atoms with Crippen LogP contribution in [0.15, 0.2) is 29.4 Å². The number of halogens is 1. The van der Waals surface area contributed by atoms with E-state index in [0.717, 1.165) is 5.82 Å². The van der Waals surface area contributed by atoms with Crippen LogP contribution in [-0.2, 0) is 16.4 Å². The van der Waals surface area contributed by atoms with Crippen molar-refractivity contribution in [2.75, 3.05) is 12.3 Å². The van der Waals surface area contributed by atoms with Crippen molar-refractivity contribution < 1.29 is 8.42 Å². The first-order valence-electron chi connectivity index (χ1n) is 6.43. The summed E-state index contributed by atoms with van der Waals surface area (Å²) in [6.45, 7) is 2.01. The van der Waals surface area contributed by atoms with Gasteiger partial charge in [0.15, 0.2) is 0 Å². The number of nitrogens with one attached hydrogen (secondary N) is 2. The molecule has 0 radical (unpaired) electrons. The third-order valence-corrected chi connectivity index (χ3v) is 4.95. The van der Waals surface area contributed by atoms with Gasteiger partial charge in [0.2, 0.25) is 10.0 Å². The Morgan fingerprint density at radius 2 is 2.19 bits per heavy atom. The summed E-state index contributed by atoms with van der Waals surface area (Å²) in [6.07, 6.45) is 4.73. The molecule has 2 aromatic rings. The van der Waals surface area contributed by atoms with Crippen molar-refractivity contribution >= 4 is 27.3 Å². The fourth-order valence-corrected chi connectivity index (χ4v) is 3.48. The maximum Gasteiger partial charge on any atom is 0.240 e. The molecule has 0 amide bonds. The molecule has 0 aliphatic rings. The Morgan fingerprint density at radius 1 is 1.43 bits per heavy atom. The zero-order valence-electron chi connectivity index (χ0n) is 11.6. The molecule has 0 saturated carbocycles. The van der Waals surface area contributed by atoms with Crippen molar-refractivity contribution in [3.8, 4) is 0 Å². The summed E-state index contributed by atoms with van der Waals surface area (Å²) in [5.41, 5.74) is 6.48. The van der Waals surface area contributed by atoms with Gasteiger partial charge in [0.25, 0.3) is 0 Å². The number of nitrogens with two attached hydrogens (primary N) is 1. The van der Waals surface area contributed by atoms with E-state index in [4.69, 9.17) is 17.3 Å². The number of nitrogens with zero attached hydrogens (tertiary/aromatic N) is 1. The second-order valence-electron chi connectivity index (χ2n) is 4.68. The third kappa shape index (κ3) is 3.96. The second kappa shape index (κ2) is 6.46. The first-order chi connectivity index (χ1) is 9.90. The predicted molar refractivity (Wildman–Crippen MR) is 82.7 cm³/mol. The number of rotatable bonds is 6. The smallest absolute Gasteiger partial charge is 0.240 e. The zero-order valence-corrected chi connectivity index (χ0v) is 13.1. The molecule has 6 nitrogen and oxygen atoms in total. The average molecular weight is 329 g/mol. The molecule has 0 atom stereocenters. The van der Waals surface area contributed by atoms with Crippen LogP contribution in [0.4, 0.5) is 5.69 Å². The molecule has 0 aliphatic carbocycles. The van der Waals surface area contributed by atoms with Crippen molar-refractivity contribution in [3.05, 3.63) is 40.9 Å². The van der Waals surface area contributed by atoms with Crippen molar-refractivity contribution in [2.24, 2.45) is 0 Å². The highest BCUT2D eigenvalue weighted by Gasteiger charge is 2.17. The van der Waals surface area contributed by atoms with Gasteiger partial charge in [0.1, 0.15) is 5.82 Å². The van der Waals surface area contributed by atoms with Gasteiger partial charge in [-0.25, -0.2) is 18.1 Å². The highest BCUT2D eigenvalue weighted by atomic mass is 35.5. The number of anilines is 1. The normalized spacial score (nSPS) is 11.7. The maximum absolute atomic E-state index is 12.2. The standard InChI is InChI=1S/C13H17ClN4O2S/c1-9-7-10(14)11(15)8-12(9)21(19,20)18-4-2-3-13-16-5-6-17-13/h5-8,18H,2-4,15H2,1H3,(H,16,17). The summed E-state index contributed by atoms with van der Waals surface area (Å²) in [4.78, 5) is 7.20.